The van der Waals surface area contributed by atoms with Crippen LogP contribution in [-0.4, -0.2) is 90.4 Å². The summed E-state index contributed by atoms with van der Waals surface area (Å²) in [5.74, 6) is -1.07. The van der Waals surface area contributed by atoms with E-state index in [0.29, 0.717) is 13.0 Å². The Morgan fingerprint density at radius 3 is 2.28 bits per heavy atom. The first kappa shape index (κ1) is 43.6. The molecule has 54 heavy (non-hydrogen) atoms. The van der Waals surface area contributed by atoms with Crippen LogP contribution in [0.4, 0.5) is 0 Å². The zero-order chi connectivity index (χ0) is 39.6. The van der Waals surface area contributed by atoms with Gasteiger partial charge in [-0.3, -0.25) is 19.2 Å². The van der Waals surface area contributed by atoms with E-state index in [1.165, 1.54) is 11.3 Å². The number of amides is 3. The molecule has 1 saturated carbocycles. The predicted octanol–water partition coefficient (Wildman–Crippen LogP) is 7.28. The molecule has 1 aliphatic heterocycles. The van der Waals surface area contributed by atoms with Gasteiger partial charge in [0, 0.05) is 57.1 Å². The fraction of sp³-hybridized carbons (Fsp3) is 0.698. The molecule has 0 bridgehead atoms. The molecule has 2 fully saturated rings. The number of Topliss-reactive ketones (excluding diaryl/α,β-unsaturated/α-hetero) is 1. The zero-order valence-electron chi connectivity index (χ0n) is 34.2. The molecule has 1 saturated heterocycles. The Morgan fingerprint density at radius 1 is 1.02 bits per heavy atom. The maximum Gasteiger partial charge on any atom is 0.226 e. The molecule has 4 rings (SSSR count). The highest BCUT2D eigenvalue weighted by molar-refractivity contribution is 7.09. The van der Waals surface area contributed by atoms with Crippen LogP contribution in [0.25, 0.3) is 0 Å². The van der Waals surface area contributed by atoms with Gasteiger partial charge in [0.2, 0.25) is 17.7 Å². The second-order valence-corrected chi connectivity index (χ2v) is 17.4. The molecule has 1 N–H and O–H groups in total. The minimum atomic E-state index is -0.558. The molecule has 10 nitrogen and oxygen atoms in total. The van der Waals surface area contributed by atoms with Gasteiger partial charge in [0.05, 0.1) is 42.7 Å². The van der Waals surface area contributed by atoms with Gasteiger partial charge in [-0.05, 0) is 49.5 Å². The number of likely N-dealkylation sites (N-methyl/N-ethyl adjacent to an activating group) is 1. The van der Waals surface area contributed by atoms with Gasteiger partial charge < -0.3 is 24.6 Å². The molecule has 0 spiro atoms. The summed E-state index contributed by atoms with van der Waals surface area (Å²) < 4.78 is 12.1. The monoisotopic (exact) mass is 766 g/mol. The van der Waals surface area contributed by atoms with Crippen molar-refractivity contribution >= 4 is 34.8 Å². The predicted molar refractivity (Wildman–Crippen MR) is 214 cm³/mol. The summed E-state index contributed by atoms with van der Waals surface area (Å²) in [6, 6.07) is 9.09. The third-order valence-electron chi connectivity index (χ3n) is 12.5. The second kappa shape index (κ2) is 20.1. The lowest BCUT2D eigenvalue weighted by atomic mass is 9.77. The summed E-state index contributed by atoms with van der Waals surface area (Å²) >= 11 is 1.51. The Bertz CT molecular complexity index is 1500. The Kier molecular flexibility index (Phi) is 16.3. The van der Waals surface area contributed by atoms with Crippen molar-refractivity contribution in [3.05, 3.63) is 52.5 Å². The highest BCUT2D eigenvalue weighted by Gasteiger charge is 2.44. The van der Waals surface area contributed by atoms with Crippen molar-refractivity contribution in [3.63, 3.8) is 0 Å². The first-order chi connectivity index (χ1) is 25.8. The number of likely N-dealkylation sites (tertiary alicyclic amines) is 1. The van der Waals surface area contributed by atoms with Crippen molar-refractivity contribution in [2.45, 2.75) is 136 Å². The Balaban J connectivity index is 1.47. The molecule has 1 aliphatic carbocycles. The number of ketones is 1. The van der Waals surface area contributed by atoms with Gasteiger partial charge in [0.15, 0.2) is 0 Å². The van der Waals surface area contributed by atoms with E-state index in [1.54, 1.807) is 25.3 Å². The standard InChI is InChI=1S/C43H66N4O6S/c1-10-29(4)38(46(7)42(51)32(28(2)3)26-36(48)43(6)20-14-15-21-43)35(52-8)27-37(49)47-23-16-19-34(47)39(53-9)30(5)40(50)45-33(41-44-22-24-54-41)25-31-17-12-11-13-18-31/h11-13,17-18,22,24,28-30,32-35,38-39H,10,14-16,19-21,23,25-27H2,1-9H3,(H,45,50)/t29-,30+,32-,33-,34-,35+,38-,39+/m0/s1. The summed E-state index contributed by atoms with van der Waals surface area (Å²) in [5.41, 5.74) is 0.753. The molecule has 300 valence electrons. The van der Waals surface area contributed by atoms with Crippen molar-refractivity contribution in [1.29, 1.82) is 0 Å². The van der Waals surface area contributed by atoms with Crippen molar-refractivity contribution in [3.8, 4) is 0 Å². The van der Waals surface area contributed by atoms with E-state index >= 15 is 0 Å². The molecule has 1 aromatic heterocycles. The lowest BCUT2D eigenvalue weighted by Crippen LogP contribution is -2.54. The summed E-state index contributed by atoms with van der Waals surface area (Å²) in [4.78, 5) is 64.2. The number of hydrogen-bond acceptors (Lipinski definition) is 8. The van der Waals surface area contributed by atoms with Crippen LogP contribution in [0, 0.1) is 29.1 Å². The van der Waals surface area contributed by atoms with Crippen LogP contribution in [0.2, 0.25) is 0 Å². The molecule has 3 amide bonds. The van der Waals surface area contributed by atoms with Crippen molar-refractivity contribution in [2.24, 2.45) is 29.1 Å². The lowest BCUT2D eigenvalue weighted by molar-refractivity contribution is -0.149. The molecule has 11 heteroatoms. The molecule has 0 radical (unpaired) electrons. The first-order valence-electron chi connectivity index (χ1n) is 20.1. The van der Waals surface area contributed by atoms with Gasteiger partial charge in [-0.15, -0.1) is 11.3 Å². The number of nitrogens with zero attached hydrogens (tertiary/aromatic N) is 3. The number of methoxy groups -OCH3 is 2. The molecule has 2 aliphatic rings. The highest BCUT2D eigenvalue weighted by Crippen LogP contribution is 2.41. The maximum atomic E-state index is 14.3. The number of carbonyl (C=O) groups excluding carboxylic acids is 4. The quantitative estimate of drug-likeness (QED) is 0.151. The second-order valence-electron chi connectivity index (χ2n) is 16.5. The summed E-state index contributed by atoms with van der Waals surface area (Å²) in [5, 5.41) is 5.99. The zero-order valence-corrected chi connectivity index (χ0v) is 35.0. The Morgan fingerprint density at radius 2 is 1.70 bits per heavy atom. The summed E-state index contributed by atoms with van der Waals surface area (Å²) in [6.45, 7) is 12.7. The third kappa shape index (κ3) is 10.6. The number of hydrogen-bond donors (Lipinski definition) is 1. The fourth-order valence-corrected chi connectivity index (χ4v) is 9.51. The molecule has 2 heterocycles. The minimum Gasteiger partial charge on any atom is -0.379 e. The van der Waals surface area contributed by atoms with Gasteiger partial charge in [0.25, 0.3) is 0 Å². The number of carbonyl (C=O) groups is 4. The number of rotatable bonds is 20. The Labute approximate surface area is 328 Å². The van der Waals surface area contributed by atoms with Crippen molar-refractivity contribution < 1.29 is 28.7 Å². The van der Waals surface area contributed by atoms with Crippen molar-refractivity contribution in [1.82, 2.24) is 20.1 Å². The minimum absolute atomic E-state index is 0.0140. The first-order valence-corrected chi connectivity index (χ1v) is 21.0. The van der Waals surface area contributed by atoms with E-state index in [2.05, 4.69) is 31.1 Å². The van der Waals surface area contributed by atoms with Gasteiger partial charge in [0.1, 0.15) is 10.8 Å². The van der Waals surface area contributed by atoms with Crippen molar-refractivity contribution in [2.75, 3.05) is 27.8 Å². The summed E-state index contributed by atoms with van der Waals surface area (Å²) in [7, 11) is 5.03. The third-order valence-corrected chi connectivity index (χ3v) is 13.4. The maximum absolute atomic E-state index is 14.3. The number of thiazole rings is 1. The van der Waals surface area contributed by atoms with E-state index in [4.69, 9.17) is 9.47 Å². The molecule has 8 atom stereocenters. The van der Waals surface area contributed by atoms with Gasteiger partial charge in [-0.25, -0.2) is 4.98 Å². The van der Waals surface area contributed by atoms with Gasteiger partial charge >= 0.3 is 0 Å². The highest BCUT2D eigenvalue weighted by atomic mass is 32.1. The summed E-state index contributed by atoms with van der Waals surface area (Å²) in [6.07, 6.45) is 7.79. The Hall–Kier alpha value is -3.15. The number of benzene rings is 1. The largest absolute Gasteiger partial charge is 0.379 e. The molecule has 1 aromatic carbocycles. The molecular weight excluding hydrogens is 701 g/mol. The normalized spacial score (nSPS) is 20.9. The van der Waals surface area contributed by atoms with E-state index < -0.39 is 24.0 Å². The van der Waals surface area contributed by atoms with Crippen LogP contribution < -0.4 is 5.32 Å². The molecular formula is C43H66N4O6S. The molecule has 0 unspecified atom stereocenters. The average Bonchev–Trinajstić information content (AvgIpc) is 3.97. The van der Waals surface area contributed by atoms with E-state index in [9.17, 15) is 19.2 Å². The molecule has 2 aromatic rings. The van der Waals surface area contributed by atoms with Crippen LogP contribution in [0.5, 0.6) is 0 Å². The van der Waals surface area contributed by atoms with E-state index in [0.717, 1.165) is 55.5 Å². The van der Waals surface area contributed by atoms with Crippen LogP contribution in [0.15, 0.2) is 41.9 Å². The van der Waals surface area contributed by atoms with Crippen LogP contribution in [0.1, 0.15) is 116 Å². The smallest absolute Gasteiger partial charge is 0.226 e. The van der Waals surface area contributed by atoms with Gasteiger partial charge in [-0.2, -0.15) is 0 Å². The van der Waals surface area contributed by atoms with E-state index in [1.807, 2.05) is 68.4 Å². The number of ether oxygens (including phenoxy) is 2. The van der Waals surface area contributed by atoms with E-state index in [-0.39, 0.29) is 71.7 Å². The van der Waals surface area contributed by atoms with Crippen LogP contribution in [0.3, 0.4) is 0 Å². The van der Waals surface area contributed by atoms with Gasteiger partial charge in [-0.1, -0.05) is 91.1 Å². The van der Waals surface area contributed by atoms with Crippen LogP contribution in [-0.2, 0) is 35.1 Å². The average molecular weight is 767 g/mol. The topological polar surface area (TPSA) is 118 Å². The SMILES string of the molecule is CC[C@H](C)[C@@H]([C@@H](CC(=O)N1CCC[C@H]1[C@H](OC)[C@@H](C)C(=O)N[C@@H](Cc1ccccc1)c1nccs1)OC)N(C)C(=O)[C@@H](CC(=O)C1(C)CCCC1)C(C)C. The lowest BCUT2D eigenvalue weighted by Gasteiger charge is -2.41. The number of aromatic nitrogens is 1. The number of nitrogens with one attached hydrogen (secondary N) is 1. The fourth-order valence-electron chi connectivity index (χ4n) is 8.82. The van der Waals surface area contributed by atoms with Crippen LogP contribution >= 0.6 is 11.3 Å².